The van der Waals surface area contributed by atoms with Crippen LogP contribution in [0, 0.1) is 6.92 Å². The summed E-state index contributed by atoms with van der Waals surface area (Å²) in [6, 6.07) is 20.4. The molecule has 0 saturated carbocycles. The van der Waals surface area contributed by atoms with E-state index in [1.807, 2.05) is 49.4 Å². The van der Waals surface area contributed by atoms with Gasteiger partial charge < -0.3 is 14.2 Å². The number of esters is 1. The Morgan fingerprint density at radius 3 is 2.15 bits per heavy atom. The number of hydrogen-bond donors (Lipinski definition) is 0. The minimum atomic E-state index is -0.414. The summed E-state index contributed by atoms with van der Waals surface area (Å²) in [5.74, 6) is 0.297. The summed E-state index contributed by atoms with van der Waals surface area (Å²) in [7, 11) is 0. The molecule has 8 nitrogen and oxygen atoms in total. The van der Waals surface area contributed by atoms with Crippen molar-refractivity contribution in [2.45, 2.75) is 24.7 Å². The van der Waals surface area contributed by atoms with Crippen LogP contribution < -0.4 is 9.47 Å². The second-order valence-corrected chi connectivity index (χ2v) is 10.1. The van der Waals surface area contributed by atoms with Crippen molar-refractivity contribution in [3.63, 3.8) is 0 Å². The zero-order valence-corrected chi connectivity index (χ0v) is 23.4. The Labute approximate surface area is 242 Å². The maximum absolute atomic E-state index is 12.9. The van der Waals surface area contributed by atoms with Crippen LogP contribution in [0.15, 0.2) is 96.6 Å². The molecule has 0 aromatic heterocycles. The summed E-state index contributed by atoms with van der Waals surface area (Å²) in [4.78, 5) is 49.4. The van der Waals surface area contributed by atoms with Crippen LogP contribution in [-0.2, 0) is 19.1 Å². The smallest absolute Gasteiger partial charge is 0.314 e. The molecule has 210 valence electrons. The Morgan fingerprint density at radius 1 is 0.878 bits per heavy atom. The topological polar surface area (TPSA) is 99.2 Å². The maximum atomic E-state index is 12.9. The lowest BCUT2D eigenvalue weighted by atomic mass is 9.98. The van der Waals surface area contributed by atoms with Crippen LogP contribution in [0.4, 0.5) is 0 Å². The Morgan fingerprint density at radius 2 is 1.51 bits per heavy atom. The quantitative estimate of drug-likeness (QED) is 0.0842. The minimum absolute atomic E-state index is 0.0719. The second-order valence-electron chi connectivity index (χ2n) is 9.03. The zero-order chi connectivity index (χ0) is 29.2. The van der Waals surface area contributed by atoms with Gasteiger partial charge in [-0.1, -0.05) is 24.8 Å². The maximum Gasteiger partial charge on any atom is 0.314 e. The van der Waals surface area contributed by atoms with Crippen molar-refractivity contribution in [1.29, 1.82) is 0 Å². The molecule has 9 heteroatoms. The van der Waals surface area contributed by atoms with Crippen molar-refractivity contribution >= 4 is 34.7 Å². The van der Waals surface area contributed by atoms with Gasteiger partial charge in [0.1, 0.15) is 11.5 Å². The van der Waals surface area contributed by atoms with Gasteiger partial charge in [0.15, 0.2) is 0 Å². The van der Waals surface area contributed by atoms with Crippen LogP contribution >= 0.6 is 11.8 Å². The highest BCUT2D eigenvalue weighted by Crippen LogP contribution is 2.30. The molecular weight excluding hydrogens is 542 g/mol. The number of rotatable bonds is 13. The van der Waals surface area contributed by atoms with Crippen molar-refractivity contribution in [2.24, 2.45) is 0 Å². The van der Waals surface area contributed by atoms with Gasteiger partial charge in [-0.25, -0.2) is 0 Å². The van der Waals surface area contributed by atoms with Gasteiger partial charge >= 0.3 is 5.97 Å². The van der Waals surface area contributed by atoms with E-state index in [9.17, 15) is 19.2 Å². The molecule has 1 heterocycles. The molecule has 1 aliphatic rings. The molecule has 0 fully saturated rings. The van der Waals surface area contributed by atoms with E-state index in [-0.39, 0.29) is 30.0 Å². The third-order valence-electron chi connectivity index (χ3n) is 6.15. The average Bonchev–Trinajstić information content (AvgIpc) is 3.29. The molecule has 3 aromatic rings. The molecule has 0 N–H and O–H groups in total. The molecule has 0 saturated heterocycles. The first-order chi connectivity index (χ1) is 19.8. The normalized spacial score (nSPS) is 12.4. The number of ether oxygens (including phenoxy) is 3. The second kappa shape index (κ2) is 14.1. The predicted molar refractivity (Wildman–Crippen MR) is 156 cm³/mol. The number of carbonyl (C=O) groups is 4. The minimum Gasteiger partial charge on any atom is -0.494 e. The number of aryl methyl sites for hydroxylation is 1. The number of imide groups is 1. The van der Waals surface area contributed by atoms with E-state index in [2.05, 4.69) is 11.3 Å². The van der Waals surface area contributed by atoms with Gasteiger partial charge in [0.25, 0.3) is 11.8 Å². The largest absolute Gasteiger partial charge is 0.494 e. The van der Waals surface area contributed by atoms with Gasteiger partial charge in [-0.2, -0.15) is 0 Å². The van der Waals surface area contributed by atoms with Crippen molar-refractivity contribution < 1.29 is 33.4 Å². The number of amides is 2. The summed E-state index contributed by atoms with van der Waals surface area (Å²) in [6.45, 7) is 6.19. The summed E-state index contributed by atoms with van der Waals surface area (Å²) in [6.07, 6.45) is 4.29. The summed E-state index contributed by atoms with van der Waals surface area (Å²) >= 11 is 1.13. The van der Waals surface area contributed by atoms with Gasteiger partial charge in [0, 0.05) is 29.2 Å². The summed E-state index contributed by atoms with van der Waals surface area (Å²) < 4.78 is 15.9. The molecule has 0 atom stereocenters. The monoisotopic (exact) mass is 571 g/mol. The third kappa shape index (κ3) is 8.18. The fraction of sp³-hybridized carbons (Fsp3) is 0.188. The SMILES string of the molecule is C=COC(=O)CCOc1ccc(SC(=O)c2ccc(-c3ccc(OCCCN4C(=O)C=CC4=O)cc3)c(C)c2)cc1. The highest BCUT2D eigenvalue weighted by molar-refractivity contribution is 8.14. The van der Waals surface area contributed by atoms with E-state index >= 15 is 0 Å². The molecule has 0 bridgehead atoms. The first-order valence-electron chi connectivity index (χ1n) is 13.0. The number of hydrogen-bond acceptors (Lipinski definition) is 8. The molecule has 0 unspecified atom stereocenters. The number of thioether (sulfide) groups is 1. The zero-order valence-electron chi connectivity index (χ0n) is 22.5. The van der Waals surface area contributed by atoms with Gasteiger partial charge in [-0.05, 0) is 90.3 Å². The molecule has 4 rings (SSSR count). The van der Waals surface area contributed by atoms with Gasteiger partial charge in [-0.15, -0.1) is 0 Å². The van der Waals surface area contributed by atoms with Crippen LogP contribution in [0.2, 0.25) is 0 Å². The molecular formula is C32H29NO7S. The van der Waals surface area contributed by atoms with Crippen molar-refractivity contribution in [3.8, 4) is 22.6 Å². The Hall–Kier alpha value is -4.63. The molecule has 1 aliphatic heterocycles. The molecule has 2 amide bonds. The lowest BCUT2D eigenvalue weighted by Gasteiger charge is -2.14. The number of nitrogens with zero attached hydrogens (tertiary/aromatic N) is 1. The lowest BCUT2D eigenvalue weighted by molar-refractivity contribution is -0.139. The van der Waals surface area contributed by atoms with Crippen LogP contribution in [0.25, 0.3) is 11.1 Å². The average molecular weight is 572 g/mol. The van der Waals surface area contributed by atoms with E-state index in [1.165, 1.54) is 17.1 Å². The molecule has 3 aromatic carbocycles. The Balaban J connectivity index is 1.26. The highest BCUT2D eigenvalue weighted by Gasteiger charge is 2.22. The van der Waals surface area contributed by atoms with Crippen LogP contribution in [0.1, 0.15) is 28.8 Å². The molecule has 0 aliphatic carbocycles. The van der Waals surface area contributed by atoms with E-state index in [4.69, 9.17) is 9.47 Å². The van der Waals surface area contributed by atoms with E-state index in [0.717, 1.165) is 39.6 Å². The Bertz CT molecular complexity index is 1440. The van der Waals surface area contributed by atoms with Gasteiger partial charge in [0.2, 0.25) is 5.12 Å². The highest BCUT2D eigenvalue weighted by atomic mass is 32.2. The number of carbonyl (C=O) groups excluding carboxylic acids is 4. The van der Waals surface area contributed by atoms with E-state index in [1.54, 1.807) is 24.3 Å². The van der Waals surface area contributed by atoms with Crippen LogP contribution in [0.5, 0.6) is 11.5 Å². The molecule has 0 spiro atoms. The van der Waals surface area contributed by atoms with Crippen molar-refractivity contribution in [1.82, 2.24) is 4.90 Å². The fourth-order valence-electron chi connectivity index (χ4n) is 4.08. The molecule has 0 radical (unpaired) electrons. The summed E-state index contributed by atoms with van der Waals surface area (Å²) in [5.41, 5.74) is 3.57. The third-order valence-corrected chi connectivity index (χ3v) is 7.08. The predicted octanol–water partition coefficient (Wildman–Crippen LogP) is 5.74. The fourth-order valence-corrected chi connectivity index (χ4v) is 4.81. The Kier molecular flexibility index (Phi) is 10.1. The summed E-state index contributed by atoms with van der Waals surface area (Å²) in [5, 5.41) is -0.0719. The van der Waals surface area contributed by atoms with Gasteiger partial charge in [-0.3, -0.25) is 24.1 Å². The van der Waals surface area contributed by atoms with Crippen LogP contribution in [0.3, 0.4) is 0 Å². The number of benzene rings is 3. The molecule has 41 heavy (non-hydrogen) atoms. The standard InChI is InChI=1S/C32H29NO7S/c1-3-38-31(36)17-20-40-26-10-12-27(13-11-26)41-32(37)24-7-14-28(22(2)21-24)23-5-8-25(9-6-23)39-19-4-18-33-29(34)15-16-30(33)35/h3,5-16,21H,1,4,17-20H2,2H3. The van der Waals surface area contributed by atoms with Crippen LogP contribution in [-0.4, -0.2) is 47.6 Å². The lowest BCUT2D eigenvalue weighted by Crippen LogP contribution is -2.31. The van der Waals surface area contributed by atoms with Crippen molar-refractivity contribution in [2.75, 3.05) is 19.8 Å². The van der Waals surface area contributed by atoms with E-state index in [0.29, 0.717) is 36.6 Å². The van der Waals surface area contributed by atoms with Gasteiger partial charge in [0.05, 0.1) is 25.9 Å². The van der Waals surface area contributed by atoms with E-state index < -0.39 is 5.97 Å². The first kappa shape index (κ1) is 29.4. The first-order valence-corrected chi connectivity index (χ1v) is 13.8. The van der Waals surface area contributed by atoms with Crippen molar-refractivity contribution in [3.05, 3.63) is 103 Å².